The number of benzene rings is 3. The molecule has 0 aliphatic carbocycles. The van der Waals surface area contributed by atoms with Gasteiger partial charge in [-0.15, -0.1) is 0 Å². The van der Waals surface area contributed by atoms with Crippen LogP contribution in [0.1, 0.15) is 84.9 Å². The van der Waals surface area contributed by atoms with Gasteiger partial charge >= 0.3 is 24.1 Å². The van der Waals surface area contributed by atoms with Crippen LogP contribution >= 0.6 is 0 Å². The summed E-state index contributed by atoms with van der Waals surface area (Å²) in [6.07, 6.45) is -4.50. The third kappa shape index (κ3) is 9.80. The number of carbonyl (C=O) groups excluding carboxylic acids is 4. The van der Waals surface area contributed by atoms with E-state index in [4.69, 9.17) is 9.47 Å². The first-order chi connectivity index (χ1) is 24.4. The van der Waals surface area contributed by atoms with Crippen molar-refractivity contribution >= 4 is 35.4 Å². The Labute approximate surface area is 297 Å². The number of aryl methyl sites for hydroxylation is 2. The molecule has 0 radical (unpaired) electrons. The molecule has 0 saturated carbocycles. The van der Waals surface area contributed by atoms with E-state index in [2.05, 4.69) is 10.3 Å². The molecule has 4 aromatic rings. The fourth-order valence-electron chi connectivity index (χ4n) is 5.05. The van der Waals surface area contributed by atoms with E-state index < -0.39 is 47.6 Å². The van der Waals surface area contributed by atoms with Crippen LogP contribution in [0.25, 0.3) is 11.3 Å². The van der Waals surface area contributed by atoms with Gasteiger partial charge in [-0.3, -0.25) is 19.4 Å². The summed E-state index contributed by atoms with van der Waals surface area (Å²) >= 11 is 0. The van der Waals surface area contributed by atoms with E-state index in [-0.39, 0.29) is 52.2 Å². The Morgan fingerprint density at radius 1 is 0.885 bits per heavy atom. The first kappa shape index (κ1) is 38.7. The minimum absolute atomic E-state index is 0.0104. The second-order valence-corrected chi connectivity index (χ2v) is 12.3. The Balaban J connectivity index is 1.49. The Morgan fingerprint density at radius 3 is 2.19 bits per heavy atom. The van der Waals surface area contributed by atoms with E-state index in [0.29, 0.717) is 23.2 Å². The summed E-state index contributed by atoms with van der Waals surface area (Å²) in [5, 5.41) is 12.3. The molecule has 0 aliphatic rings. The molecule has 1 heterocycles. The van der Waals surface area contributed by atoms with Crippen molar-refractivity contribution in [2.75, 3.05) is 19.4 Å². The summed E-state index contributed by atoms with van der Waals surface area (Å²) in [6.45, 7) is 4.98. The van der Waals surface area contributed by atoms with Gasteiger partial charge in [0.2, 0.25) is 0 Å². The number of hydrogen-bond donors (Lipinski definition) is 2. The van der Waals surface area contributed by atoms with Crippen molar-refractivity contribution in [2.45, 2.75) is 52.3 Å². The highest BCUT2D eigenvalue weighted by Gasteiger charge is 2.30. The van der Waals surface area contributed by atoms with Crippen LogP contribution in [0.15, 0.2) is 72.8 Å². The molecule has 11 nitrogen and oxygen atoms in total. The van der Waals surface area contributed by atoms with Crippen LogP contribution in [0.4, 0.5) is 18.9 Å². The van der Waals surface area contributed by atoms with E-state index in [1.807, 2.05) is 0 Å². The number of halogens is 3. The number of aromatic nitrogens is 1. The smallest absolute Gasteiger partial charge is 0.416 e. The number of carboxylic acid groups (broad SMARTS) is 1. The van der Waals surface area contributed by atoms with Crippen molar-refractivity contribution in [1.82, 2.24) is 9.88 Å². The number of hydrogen-bond acceptors (Lipinski definition) is 8. The Kier molecular flexibility index (Phi) is 12.2. The fraction of sp³-hybridized carbons (Fsp3) is 0.263. The molecule has 4 rings (SSSR count). The Morgan fingerprint density at radius 2 is 1.58 bits per heavy atom. The maximum absolute atomic E-state index is 13.6. The second-order valence-electron chi connectivity index (χ2n) is 12.3. The molecule has 0 fully saturated rings. The molecular formula is C38H36F3N3O8. The molecule has 1 aromatic heterocycles. The molecule has 0 bridgehead atoms. The standard InChI is InChI=1S/C38H36F3N3O8/c1-21(2)51-37(50)25-13-18-31(29(20-25)36(48)49)52-32(45)8-6-7-23-10-17-30(28(19-23)35(47)44(4)5)43-34(46)27-16-9-22(3)42-33(27)24-11-14-26(15-12-24)38(39,40)41/h9-21H,6-8H2,1-5H3,(H,43,46)(H,48,49). The van der Waals surface area contributed by atoms with Gasteiger partial charge in [-0.1, -0.05) is 18.2 Å². The topological polar surface area (TPSA) is 152 Å². The lowest BCUT2D eigenvalue weighted by atomic mass is 10.0. The van der Waals surface area contributed by atoms with Gasteiger partial charge in [0.25, 0.3) is 11.8 Å². The Hall–Kier alpha value is -6.05. The zero-order valence-electron chi connectivity index (χ0n) is 29.0. The average molecular weight is 720 g/mol. The molecule has 272 valence electrons. The van der Waals surface area contributed by atoms with Gasteiger partial charge < -0.3 is 24.8 Å². The summed E-state index contributed by atoms with van der Waals surface area (Å²) in [6, 6.07) is 15.7. The van der Waals surface area contributed by atoms with Gasteiger partial charge in [-0.2, -0.15) is 13.2 Å². The van der Waals surface area contributed by atoms with E-state index in [9.17, 15) is 42.3 Å². The number of nitrogens with zero attached hydrogens (tertiary/aromatic N) is 2. The summed E-state index contributed by atoms with van der Waals surface area (Å²) in [5.41, 5.74) is 0.801. The molecule has 2 N–H and O–H groups in total. The highest BCUT2D eigenvalue weighted by molar-refractivity contribution is 6.11. The lowest BCUT2D eigenvalue weighted by Gasteiger charge is -2.17. The van der Waals surface area contributed by atoms with Gasteiger partial charge in [-0.05, 0) is 93.8 Å². The van der Waals surface area contributed by atoms with E-state index in [1.165, 1.54) is 55.4 Å². The lowest BCUT2D eigenvalue weighted by Crippen LogP contribution is -2.24. The zero-order chi connectivity index (χ0) is 38.3. The highest BCUT2D eigenvalue weighted by atomic mass is 19.4. The van der Waals surface area contributed by atoms with E-state index in [1.54, 1.807) is 39.0 Å². The number of nitrogens with one attached hydrogen (secondary N) is 1. The fourth-order valence-corrected chi connectivity index (χ4v) is 5.05. The molecule has 52 heavy (non-hydrogen) atoms. The maximum Gasteiger partial charge on any atom is 0.416 e. The molecule has 0 saturated heterocycles. The number of esters is 2. The molecule has 14 heteroatoms. The summed E-state index contributed by atoms with van der Waals surface area (Å²) in [5.74, 6) is -4.14. The van der Waals surface area contributed by atoms with Crippen molar-refractivity contribution in [3.63, 3.8) is 0 Å². The summed E-state index contributed by atoms with van der Waals surface area (Å²) in [4.78, 5) is 69.1. The number of carboxylic acids is 1. The minimum atomic E-state index is -4.53. The predicted molar refractivity (Wildman–Crippen MR) is 184 cm³/mol. The van der Waals surface area contributed by atoms with Gasteiger partial charge in [0.15, 0.2) is 0 Å². The lowest BCUT2D eigenvalue weighted by molar-refractivity contribution is -0.137. The van der Waals surface area contributed by atoms with Crippen molar-refractivity contribution in [2.24, 2.45) is 0 Å². The number of aromatic carboxylic acids is 1. The number of alkyl halides is 3. The van der Waals surface area contributed by atoms with E-state index >= 15 is 0 Å². The summed E-state index contributed by atoms with van der Waals surface area (Å²) < 4.78 is 49.8. The zero-order valence-corrected chi connectivity index (χ0v) is 29.0. The van der Waals surface area contributed by atoms with Crippen LogP contribution in [-0.4, -0.2) is 64.9 Å². The van der Waals surface area contributed by atoms with Crippen molar-refractivity contribution in [1.29, 1.82) is 0 Å². The van der Waals surface area contributed by atoms with Gasteiger partial charge in [0, 0.05) is 31.8 Å². The molecule has 3 aromatic carbocycles. The molecule has 0 spiro atoms. The molecule has 2 amide bonds. The number of rotatable bonds is 12. The first-order valence-electron chi connectivity index (χ1n) is 16.0. The number of anilines is 1. The number of amides is 2. The monoisotopic (exact) mass is 719 g/mol. The Bertz CT molecular complexity index is 2010. The highest BCUT2D eigenvalue weighted by Crippen LogP contribution is 2.32. The van der Waals surface area contributed by atoms with Crippen molar-refractivity contribution < 1.29 is 51.7 Å². The van der Waals surface area contributed by atoms with Crippen LogP contribution in [0.3, 0.4) is 0 Å². The minimum Gasteiger partial charge on any atom is -0.478 e. The summed E-state index contributed by atoms with van der Waals surface area (Å²) in [7, 11) is 3.07. The van der Waals surface area contributed by atoms with Crippen LogP contribution in [-0.2, 0) is 22.1 Å². The quantitative estimate of drug-likeness (QED) is 0.114. The number of carbonyl (C=O) groups is 5. The maximum atomic E-state index is 13.6. The van der Waals surface area contributed by atoms with Crippen LogP contribution in [0, 0.1) is 6.92 Å². The van der Waals surface area contributed by atoms with Crippen molar-refractivity contribution in [3.8, 4) is 17.0 Å². The molecule has 0 atom stereocenters. The number of ether oxygens (including phenoxy) is 2. The van der Waals surface area contributed by atoms with Gasteiger partial charge in [0.1, 0.15) is 11.3 Å². The van der Waals surface area contributed by atoms with Crippen molar-refractivity contribution in [3.05, 3.63) is 112 Å². The molecular weight excluding hydrogens is 683 g/mol. The van der Waals surface area contributed by atoms with Crippen LogP contribution in [0.5, 0.6) is 5.75 Å². The average Bonchev–Trinajstić information content (AvgIpc) is 3.07. The number of pyridine rings is 1. The van der Waals surface area contributed by atoms with Gasteiger partial charge in [0.05, 0.1) is 39.7 Å². The second kappa shape index (κ2) is 16.3. The molecule has 0 aliphatic heterocycles. The SMILES string of the molecule is Cc1ccc(C(=O)Nc2ccc(CCCC(=O)Oc3ccc(C(=O)OC(C)C)cc3C(=O)O)cc2C(=O)N(C)C)c(-c2ccc(C(F)(F)F)cc2)n1. The third-order valence-electron chi connectivity index (χ3n) is 7.59. The third-order valence-corrected chi connectivity index (χ3v) is 7.59. The van der Waals surface area contributed by atoms with E-state index in [0.717, 1.165) is 18.2 Å². The largest absolute Gasteiger partial charge is 0.478 e. The van der Waals surface area contributed by atoms with Crippen LogP contribution < -0.4 is 10.1 Å². The van der Waals surface area contributed by atoms with Crippen LogP contribution in [0.2, 0.25) is 0 Å². The molecule has 0 unspecified atom stereocenters. The predicted octanol–water partition coefficient (Wildman–Crippen LogP) is 7.22. The first-order valence-corrected chi connectivity index (χ1v) is 16.0. The normalized spacial score (nSPS) is 11.2. The van der Waals surface area contributed by atoms with Gasteiger partial charge in [-0.25, -0.2) is 9.59 Å².